The van der Waals surface area contributed by atoms with Crippen LogP contribution in [-0.2, 0) is 4.79 Å². The maximum atomic E-state index is 12.5. The van der Waals surface area contributed by atoms with E-state index in [1.807, 2.05) is 36.9 Å². The van der Waals surface area contributed by atoms with E-state index in [9.17, 15) is 4.79 Å². The van der Waals surface area contributed by atoms with E-state index >= 15 is 0 Å². The van der Waals surface area contributed by atoms with Gasteiger partial charge in [0.05, 0.1) is 5.92 Å². The van der Waals surface area contributed by atoms with E-state index in [1.165, 1.54) is 0 Å². The third-order valence-corrected chi connectivity index (χ3v) is 4.36. The van der Waals surface area contributed by atoms with E-state index in [1.54, 1.807) is 6.92 Å². The summed E-state index contributed by atoms with van der Waals surface area (Å²) in [6.07, 6.45) is 1.89. The van der Waals surface area contributed by atoms with Gasteiger partial charge in [0.25, 0.3) is 5.91 Å². The van der Waals surface area contributed by atoms with Crippen molar-refractivity contribution in [3.8, 4) is 5.75 Å². The van der Waals surface area contributed by atoms with Crippen molar-refractivity contribution in [3.05, 3.63) is 41.0 Å². The first-order valence-corrected chi connectivity index (χ1v) is 8.31. The minimum Gasteiger partial charge on any atom is -0.483 e. The Morgan fingerprint density at radius 2 is 2.21 bits per heavy atom. The zero-order valence-electron chi connectivity index (χ0n) is 14.4. The minimum atomic E-state index is -0.00292. The number of likely N-dealkylation sites (tertiary alicyclic amines) is 1. The molecule has 0 saturated carbocycles. The molecule has 1 atom stereocenters. The molecular weight excluding hydrogens is 306 g/mol. The van der Waals surface area contributed by atoms with Crippen LogP contribution in [0.2, 0.25) is 0 Å². The molecule has 1 aliphatic rings. The Morgan fingerprint density at radius 1 is 1.38 bits per heavy atom. The van der Waals surface area contributed by atoms with Gasteiger partial charge in [0.1, 0.15) is 5.75 Å². The molecule has 6 heteroatoms. The van der Waals surface area contributed by atoms with Crippen LogP contribution >= 0.6 is 0 Å². The van der Waals surface area contributed by atoms with Gasteiger partial charge in [-0.15, -0.1) is 0 Å². The number of carbonyl (C=O) groups is 1. The Morgan fingerprint density at radius 3 is 2.96 bits per heavy atom. The van der Waals surface area contributed by atoms with Gasteiger partial charge in [-0.25, -0.2) is 0 Å². The van der Waals surface area contributed by atoms with Gasteiger partial charge in [-0.05, 0) is 50.8 Å². The van der Waals surface area contributed by atoms with Gasteiger partial charge in [-0.2, -0.15) is 4.98 Å². The molecule has 1 amide bonds. The normalized spacial score (nSPS) is 17.8. The SMILES string of the molecule is Cc1ccc(C)c(OCC(=O)N2CCC[C@@H](c3nc(C)no3)C2)c1. The predicted octanol–water partition coefficient (Wildman–Crippen LogP) is 2.78. The van der Waals surface area contributed by atoms with Crippen molar-refractivity contribution in [3.63, 3.8) is 0 Å². The fourth-order valence-corrected chi connectivity index (χ4v) is 2.98. The van der Waals surface area contributed by atoms with Gasteiger partial charge >= 0.3 is 0 Å². The second kappa shape index (κ2) is 7.03. The number of aromatic nitrogens is 2. The molecular formula is C18H23N3O3. The van der Waals surface area contributed by atoms with E-state index in [2.05, 4.69) is 10.1 Å². The van der Waals surface area contributed by atoms with Gasteiger partial charge < -0.3 is 14.2 Å². The molecule has 1 saturated heterocycles. The number of hydrogen-bond acceptors (Lipinski definition) is 5. The van der Waals surface area contributed by atoms with Crippen molar-refractivity contribution < 1.29 is 14.1 Å². The Labute approximate surface area is 141 Å². The molecule has 0 aliphatic carbocycles. The van der Waals surface area contributed by atoms with Crippen LogP contribution < -0.4 is 4.74 Å². The number of amides is 1. The third-order valence-electron chi connectivity index (χ3n) is 4.36. The zero-order chi connectivity index (χ0) is 17.1. The lowest BCUT2D eigenvalue weighted by molar-refractivity contribution is -0.134. The Kier molecular flexibility index (Phi) is 4.83. The first-order valence-electron chi connectivity index (χ1n) is 8.31. The molecule has 3 rings (SSSR count). The molecule has 0 N–H and O–H groups in total. The number of rotatable bonds is 4. The molecule has 1 fully saturated rings. The van der Waals surface area contributed by atoms with Gasteiger partial charge in [0.15, 0.2) is 12.4 Å². The van der Waals surface area contributed by atoms with Crippen LogP contribution in [0.3, 0.4) is 0 Å². The molecule has 0 unspecified atom stereocenters. The maximum Gasteiger partial charge on any atom is 0.260 e. The average molecular weight is 329 g/mol. The summed E-state index contributed by atoms with van der Waals surface area (Å²) in [5, 5.41) is 3.84. The van der Waals surface area contributed by atoms with Crippen LogP contribution in [0.5, 0.6) is 5.75 Å². The van der Waals surface area contributed by atoms with Crippen molar-refractivity contribution >= 4 is 5.91 Å². The van der Waals surface area contributed by atoms with Gasteiger partial charge in [0.2, 0.25) is 5.89 Å². The van der Waals surface area contributed by atoms with E-state index in [4.69, 9.17) is 9.26 Å². The predicted molar refractivity (Wildman–Crippen MR) is 89.0 cm³/mol. The molecule has 0 radical (unpaired) electrons. The molecule has 0 spiro atoms. The Hall–Kier alpha value is -2.37. The van der Waals surface area contributed by atoms with Crippen LogP contribution in [0.25, 0.3) is 0 Å². The molecule has 2 aromatic rings. The number of carbonyl (C=O) groups excluding carboxylic acids is 1. The summed E-state index contributed by atoms with van der Waals surface area (Å²) in [6, 6.07) is 6.00. The van der Waals surface area contributed by atoms with Crippen molar-refractivity contribution in [1.82, 2.24) is 15.0 Å². The molecule has 128 valence electrons. The second-order valence-corrected chi connectivity index (χ2v) is 6.42. The van der Waals surface area contributed by atoms with Gasteiger partial charge in [-0.3, -0.25) is 4.79 Å². The summed E-state index contributed by atoms with van der Waals surface area (Å²) in [5.74, 6) is 2.14. The topological polar surface area (TPSA) is 68.5 Å². The minimum absolute atomic E-state index is 0.00292. The third kappa shape index (κ3) is 3.75. The molecule has 0 bridgehead atoms. The summed E-state index contributed by atoms with van der Waals surface area (Å²) in [7, 11) is 0. The van der Waals surface area contributed by atoms with Crippen LogP contribution in [0.1, 0.15) is 41.6 Å². The summed E-state index contributed by atoms with van der Waals surface area (Å²) in [5.41, 5.74) is 2.15. The number of piperidine rings is 1. The van der Waals surface area contributed by atoms with Crippen molar-refractivity contribution in [1.29, 1.82) is 0 Å². The van der Waals surface area contributed by atoms with Crippen LogP contribution in [0.4, 0.5) is 0 Å². The highest BCUT2D eigenvalue weighted by atomic mass is 16.5. The summed E-state index contributed by atoms with van der Waals surface area (Å²) >= 11 is 0. The molecule has 1 aliphatic heterocycles. The number of ether oxygens (including phenoxy) is 1. The lowest BCUT2D eigenvalue weighted by Crippen LogP contribution is -2.41. The largest absolute Gasteiger partial charge is 0.483 e. The quantitative estimate of drug-likeness (QED) is 0.863. The van der Waals surface area contributed by atoms with Crippen LogP contribution in [0, 0.1) is 20.8 Å². The molecule has 2 heterocycles. The zero-order valence-corrected chi connectivity index (χ0v) is 14.4. The number of aryl methyl sites for hydroxylation is 3. The highest BCUT2D eigenvalue weighted by Crippen LogP contribution is 2.26. The summed E-state index contributed by atoms with van der Waals surface area (Å²) in [4.78, 5) is 18.6. The lowest BCUT2D eigenvalue weighted by atomic mass is 9.98. The first kappa shape index (κ1) is 16.5. The number of hydrogen-bond donors (Lipinski definition) is 0. The van der Waals surface area contributed by atoms with E-state index in [0.717, 1.165) is 36.3 Å². The number of nitrogens with zero attached hydrogens (tertiary/aromatic N) is 3. The van der Waals surface area contributed by atoms with E-state index in [0.29, 0.717) is 18.3 Å². The first-order chi connectivity index (χ1) is 11.5. The van der Waals surface area contributed by atoms with Crippen molar-refractivity contribution in [2.75, 3.05) is 19.7 Å². The number of benzene rings is 1. The van der Waals surface area contributed by atoms with Crippen molar-refractivity contribution in [2.45, 2.75) is 39.5 Å². The van der Waals surface area contributed by atoms with Gasteiger partial charge in [-0.1, -0.05) is 17.3 Å². The fourth-order valence-electron chi connectivity index (χ4n) is 2.98. The van der Waals surface area contributed by atoms with Gasteiger partial charge in [0, 0.05) is 13.1 Å². The highest BCUT2D eigenvalue weighted by molar-refractivity contribution is 5.78. The molecule has 24 heavy (non-hydrogen) atoms. The summed E-state index contributed by atoms with van der Waals surface area (Å²) < 4.78 is 11.0. The monoisotopic (exact) mass is 329 g/mol. The Balaban J connectivity index is 1.59. The molecule has 1 aromatic heterocycles. The van der Waals surface area contributed by atoms with Crippen molar-refractivity contribution in [2.24, 2.45) is 0 Å². The molecule has 6 nitrogen and oxygen atoms in total. The smallest absolute Gasteiger partial charge is 0.260 e. The highest BCUT2D eigenvalue weighted by Gasteiger charge is 2.28. The van der Waals surface area contributed by atoms with E-state index in [-0.39, 0.29) is 18.4 Å². The summed E-state index contributed by atoms with van der Waals surface area (Å²) in [6.45, 7) is 7.20. The molecule has 1 aromatic carbocycles. The fraction of sp³-hybridized carbons (Fsp3) is 0.500. The second-order valence-electron chi connectivity index (χ2n) is 6.42. The lowest BCUT2D eigenvalue weighted by Gasteiger charge is -2.31. The maximum absolute atomic E-state index is 12.5. The standard InChI is InChI=1S/C18H23N3O3/c1-12-6-7-13(2)16(9-12)23-11-17(22)21-8-4-5-15(10-21)18-19-14(3)20-24-18/h6-7,9,15H,4-5,8,10-11H2,1-3H3/t15-/m1/s1. The average Bonchev–Trinajstić information content (AvgIpc) is 3.02. The Bertz CT molecular complexity index is 726. The van der Waals surface area contributed by atoms with E-state index < -0.39 is 0 Å². The van der Waals surface area contributed by atoms with Crippen LogP contribution in [0.15, 0.2) is 22.7 Å². The van der Waals surface area contributed by atoms with Crippen LogP contribution in [-0.4, -0.2) is 40.6 Å².